The Bertz CT molecular complexity index is 526. The molecule has 1 aromatic carbocycles. The van der Waals surface area contributed by atoms with E-state index in [2.05, 4.69) is 40.2 Å². The molecule has 3 heteroatoms. The molecule has 2 aromatic rings. The first-order valence-corrected chi connectivity index (χ1v) is 6.29. The Morgan fingerprint density at radius 1 is 1.06 bits per heavy atom. The second kappa shape index (κ2) is 4.88. The fraction of sp³-hybridized carbons (Fsp3) is 0.267. The normalized spacial score (nSPS) is 14.7. The van der Waals surface area contributed by atoms with Crippen LogP contribution in [0.25, 0.3) is 0 Å². The molecular formula is C15H17N3. The van der Waals surface area contributed by atoms with Gasteiger partial charge in [-0.05, 0) is 22.8 Å². The van der Waals surface area contributed by atoms with Crippen molar-refractivity contribution in [1.29, 1.82) is 0 Å². The number of hydrogen-bond donors (Lipinski definition) is 1. The first-order valence-electron chi connectivity index (χ1n) is 6.29. The molecule has 0 amide bonds. The summed E-state index contributed by atoms with van der Waals surface area (Å²) in [5.41, 5.74) is 10.9. The molecule has 0 fully saturated rings. The van der Waals surface area contributed by atoms with E-state index in [4.69, 9.17) is 5.73 Å². The van der Waals surface area contributed by atoms with E-state index in [1.807, 2.05) is 12.3 Å². The van der Waals surface area contributed by atoms with E-state index in [9.17, 15) is 0 Å². The number of nitrogens with zero attached hydrogens (tertiary/aromatic N) is 2. The smallest absolute Gasteiger partial charge is 0.0588 e. The minimum atomic E-state index is 0.559. The van der Waals surface area contributed by atoms with Crippen molar-refractivity contribution >= 4 is 0 Å². The molecule has 2 N–H and O–H groups in total. The van der Waals surface area contributed by atoms with Gasteiger partial charge < -0.3 is 5.73 Å². The highest BCUT2D eigenvalue weighted by Crippen LogP contribution is 2.24. The highest BCUT2D eigenvalue weighted by molar-refractivity contribution is 5.30. The Hall–Kier alpha value is -1.71. The Balaban J connectivity index is 1.76. The highest BCUT2D eigenvalue weighted by atomic mass is 15.1. The zero-order valence-corrected chi connectivity index (χ0v) is 10.3. The Morgan fingerprint density at radius 2 is 1.78 bits per heavy atom. The predicted octanol–water partition coefficient (Wildman–Crippen LogP) is 2.06. The Morgan fingerprint density at radius 3 is 2.44 bits per heavy atom. The summed E-state index contributed by atoms with van der Waals surface area (Å²) in [6.45, 7) is 3.46. The lowest BCUT2D eigenvalue weighted by Crippen LogP contribution is -2.18. The van der Waals surface area contributed by atoms with Crippen molar-refractivity contribution in [3.05, 3.63) is 65.0 Å². The van der Waals surface area contributed by atoms with Crippen LogP contribution in [0.5, 0.6) is 0 Å². The van der Waals surface area contributed by atoms with Gasteiger partial charge in [0.25, 0.3) is 0 Å². The van der Waals surface area contributed by atoms with Gasteiger partial charge in [0.05, 0.1) is 5.69 Å². The van der Waals surface area contributed by atoms with E-state index in [0.717, 1.165) is 30.9 Å². The molecule has 1 aliphatic rings. The van der Waals surface area contributed by atoms with Gasteiger partial charge in [-0.1, -0.05) is 30.3 Å². The second-order valence-corrected chi connectivity index (χ2v) is 4.73. The van der Waals surface area contributed by atoms with Crippen molar-refractivity contribution < 1.29 is 0 Å². The molecule has 2 heterocycles. The first kappa shape index (κ1) is 11.4. The molecule has 0 aliphatic carbocycles. The molecule has 1 aliphatic heterocycles. The van der Waals surface area contributed by atoms with E-state index in [-0.39, 0.29) is 0 Å². The Kier molecular flexibility index (Phi) is 3.09. The summed E-state index contributed by atoms with van der Waals surface area (Å²) in [5, 5.41) is 0. The van der Waals surface area contributed by atoms with Crippen molar-refractivity contribution in [3.63, 3.8) is 0 Å². The molecule has 0 unspecified atom stereocenters. The monoisotopic (exact) mass is 239 g/mol. The third kappa shape index (κ3) is 2.15. The number of fused-ring (bicyclic) bond motifs is 1. The first-order chi connectivity index (χ1) is 8.86. The molecule has 92 valence electrons. The lowest BCUT2D eigenvalue weighted by molar-refractivity contribution is 0.271. The summed E-state index contributed by atoms with van der Waals surface area (Å²) in [7, 11) is 0. The lowest BCUT2D eigenvalue weighted by atomic mass is 10.1. The molecule has 0 radical (unpaired) electrons. The van der Waals surface area contributed by atoms with Crippen molar-refractivity contribution in [1.82, 2.24) is 9.88 Å². The van der Waals surface area contributed by atoms with Crippen LogP contribution in [0.3, 0.4) is 0 Å². The summed E-state index contributed by atoms with van der Waals surface area (Å²) in [5.74, 6) is 0. The summed E-state index contributed by atoms with van der Waals surface area (Å²) in [4.78, 5) is 6.86. The standard InChI is InChI=1S/C15H17N3/c16-8-12-6-3-7-17-15(12)11-18-9-13-4-1-2-5-14(13)10-18/h1-7H,8-11,16H2. The van der Waals surface area contributed by atoms with E-state index in [0.29, 0.717) is 6.54 Å². The molecule has 3 nitrogen and oxygen atoms in total. The zero-order chi connectivity index (χ0) is 12.4. The SMILES string of the molecule is NCc1cccnc1CN1Cc2ccccc2C1. The lowest BCUT2D eigenvalue weighted by Gasteiger charge is -2.16. The largest absolute Gasteiger partial charge is 0.326 e. The molecular weight excluding hydrogens is 222 g/mol. The number of nitrogens with two attached hydrogens (primary N) is 1. The van der Waals surface area contributed by atoms with Crippen molar-refractivity contribution in [2.24, 2.45) is 5.73 Å². The van der Waals surface area contributed by atoms with Crippen LogP contribution in [0.2, 0.25) is 0 Å². The minimum absolute atomic E-state index is 0.559. The average Bonchev–Trinajstić information content (AvgIpc) is 2.81. The highest BCUT2D eigenvalue weighted by Gasteiger charge is 2.19. The van der Waals surface area contributed by atoms with Crippen molar-refractivity contribution in [3.8, 4) is 0 Å². The van der Waals surface area contributed by atoms with Crippen molar-refractivity contribution in [2.45, 2.75) is 26.2 Å². The quantitative estimate of drug-likeness (QED) is 0.891. The summed E-state index contributed by atoms with van der Waals surface area (Å²) in [6, 6.07) is 12.6. The third-order valence-corrected chi connectivity index (χ3v) is 3.48. The van der Waals surface area contributed by atoms with Gasteiger partial charge in [0, 0.05) is 32.4 Å². The molecule has 0 bridgehead atoms. The summed E-state index contributed by atoms with van der Waals surface area (Å²) >= 11 is 0. The van der Waals surface area contributed by atoms with Gasteiger partial charge in [-0.25, -0.2) is 0 Å². The zero-order valence-electron chi connectivity index (χ0n) is 10.3. The third-order valence-electron chi connectivity index (χ3n) is 3.48. The van der Waals surface area contributed by atoms with E-state index in [1.165, 1.54) is 11.1 Å². The number of hydrogen-bond acceptors (Lipinski definition) is 3. The molecule has 0 atom stereocenters. The topological polar surface area (TPSA) is 42.1 Å². The summed E-state index contributed by atoms with van der Waals surface area (Å²) in [6.07, 6.45) is 1.84. The molecule has 18 heavy (non-hydrogen) atoms. The number of pyridine rings is 1. The molecule has 0 saturated heterocycles. The van der Waals surface area contributed by atoms with Gasteiger partial charge in [-0.3, -0.25) is 9.88 Å². The molecule has 0 saturated carbocycles. The number of aromatic nitrogens is 1. The Labute approximate surface area is 107 Å². The maximum atomic E-state index is 5.75. The van der Waals surface area contributed by atoms with Crippen molar-refractivity contribution in [2.75, 3.05) is 0 Å². The van der Waals surface area contributed by atoms with Gasteiger partial charge in [-0.2, -0.15) is 0 Å². The molecule has 0 spiro atoms. The van der Waals surface area contributed by atoms with Crippen LogP contribution in [0.15, 0.2) is 42.6 Å². The van der Waals surface area contributed by atoms with Crippen LogP contribution >= 0.6 is 0 Å². The van der Waals surface area contributed by atoms with Crippen LogP contribution in [0, 0.1) is 0 Å². The number of benzene rings is 1. The van der Waals surface area contributed by atoms with Gasteiger partial charge >= 0.3 is 0 Å². The van der Waals surface area contributed by atoms with E-state index in [1.54, 1.807) is 0 Å². The molecule has 3 rings (SSSR count). The van der Waals surface area contributed by atoms with Gasteiger partial charge in [0.2, 0.25) is 0 Å². The average molecular weight is 239 g/mol. The number of rotatable bonds is 3. The van der Waals surface area contributed by atoms with Crippen LogP contribution in [0.1, 0.15) is 22.4 Å². The van der Waals surface area contributed by atoms with Crippen LogP contribution in [-0.4, -0.2) is 9.88 Å². The second-order valence-electron chi connectivity index (χ2n) is 4.73. The van der Waals surface area contributed by atoms with Crippen LogP contribution < -0.4 is 5.73 Å². The fourth-order valence-corrected chi connectivity index (χ4v) is 2.53. The van der Waals surface area contributed by atoms with Gasteiger partial charge in [-0.15, -0.1) is 0 Å². The van der Waals surface area contributed by atoms with Gasteiger partial charge in [0.15, 0.2) is 0 Å². The minimum Gasteiger partial charge on any atom is -0.326 e. The maximum Gasteiger partial charge on any atom is 0.0588 e. The van der Waals surface area contributed by atoms with Crippen LogP contribution in [-0.2, 0) is 26.2 Å². The van der Waals surface area contributed by atoms with E-state index < -0.39 is 0 Å². The van der Waals surface area contributed by atoms with Crippen LogP contribution in [0.4, 0.5) is 0 Å². The fourth-order valence-electron chi connectivity index (χ4n) is 2.53. The summed E-state index contributed by atoms with van der Waals surface area (Å²) < 4.78 is 0. The van der Waals surface area contributed by atoms with E-state index >= 15 is 0 Å². The molecule has 1 aromatic heterocycles. The van der Waals surface area contributed by atoms with Gasteiger partial charge in [0.1, 0.15) is 0 Å². The predicted molar refractivity (Wildman–Crippen MR) is 71.5 cm³/mol. The maximum absolute atomic E-state index is 5.75.